The summed E-state index contributed by atoms with van der Waals surface area (Å²) in [7, 11) is 0. The molecule has 0 spiro atoms. The first-order chi connectivity index (χ1) is 14.6. The minimum atomic E-state index is -2.23. The summed E-state index contributed by atoms with van der Waals surface area (Å²) in [4.78, 5) is 14.3. The van der Waals surface area contributed by atoms with Gasteiger partial charge < -0.3 is 4.74 Å². The first-order valence-electron chi connectivity index (χ1n) is 11.3. The molecule has 1 fully saturated rings. The van der Waals surface area contributed by atoms with E-state index in [0.717, 1.165) is 5.57 Å². The minimum Gasteiger partial charge on any atom is -0.459 e. The van der Waals surface area contributed by atoms with Crippen LogP contribution in [-0.4, -0.2) is 11.6 Å². The maximum absolute atomic E-state index is 14.3. The number of fused-ring (bicyclic) bond motifs is 1. The van der Waals surface area contributed by atoms with E-state index in [-0.39, 0.29) is 0 Å². The van der Waals surface area contributed by atoms with Crippen molar-refractivity contribution in [3.8, 4) is 24.3 Å². The van der Waals surface area contributed by atoms with Crippen molar-refractivity contribution in [1.29, 1.82) is 21.0 Å². The SMILES string of the molecule is CC(C)(C)OC(=O)C12C(C(C)(C)C)=C(C(C)(C)C)C1(C(C)(C)C)C(C#N)(C#N)C2(C#N)C#N. The number of hydrogen-bond donors (Lipinski definition) is 0. The molecule has 2 atom stereocenters. The zero-order chi connectivity index (χ0) is 26.3. The van der Waals surface area contributed by atoms with Gasteiger partial charge in [0.25, 0.3) is 0 Å². The molecular formula is C27H36N4O2. The molecule has 2 aliphatic rings. The third-order valence-corrected chi connectivity index (χ3v) is 7.25. The van der Waals surface area contributed by atoms with Gasteiger partial charge in [0.15, 0.2) is 10.8 Å². The Morgan fingerprint density at radius 2 is 1.03 bits per heavy atom. The molecule has 176 valence electrons. The second kappa shape index (κ2) is 6.61. The van der Waals surface area contributed by atoms with Crippen molar-refractivity contribution >= 4 is 5.97 Å². The second-order valence-corrected chi connectivity index (χ2v) is 13.4. The van der Waals surface area contributed by atoms with Crippen LogP contribution >= 0.6 is 0 Å². The van der Waals surface area contributed by atoms with Crippen molar-refractivity contribution in [1.82, 2.24) is 0 Å². The lowest BCUT2D eigenvalue weighted by Crippen LogP contribution is -2.90. The summed E-state index contributed by atoms with van der Waals surface area (Å²) in [6.07, 6.45) is 0. The summed E-state index contributed by atoms with van der Waals surface area (Å²) in [5.41, 5.74) is -8.92. The molecule has 33 heavy (non-hydrogen) atoms. The molecule has 2 unspecified atom stereocenters. The predicted molar refractivity (Wildman–Crippen MR) is 123 cm³/mol. The van der Waals surface area contributed by atoms with E-state index in [1.54, 1.807) is 20.8 Å². The minimum absolute atomic E-state index is 0.544. The van der Waals surface area contributed by atoms with Crippen molar-refractivity contribution in [2.45, 2.75) is 88.7 Å². The standard InChI is InChI=1S/C27H36N4O2/c1-20(2,3)17-18(21(4,5)6)27(22(7,8)9)25(15-30,16-31)24(13-28,14-29)26(17,27)19(32)33-23(10,11)12/h1-12H3. The summed E-state index contributed by atoms with van der Waals surface area (Å²) in [6.45, 7) is 22.6. The smallest absolute Gasteiger partial charge is 0.320 e. The third-order valence-electron chi connectivity index (χ3n) is 7.25. The number of carbonyl (C=O) groups is 1. The lowest BCUT2D eigenvalue weighted by atomic mass is 9.11. The van der Waals surface area contributed by atoms with Gasteiger partial charge in [-0.2, -0.15) is 21.0 Å². The quantitative estimate of drug-likeness (QED) is 0.367. The summed E-state index contributed by atoms with van der Waals surface area (Å²) in [5.74, 6) is -0.716. The fourth-order valence-corrected chi connectivity index (χ4v) is 6.98. The van der Waals surface area contributed by atoms with Gasteiger partial charge >= 0.3 is 5.97 Å². The maximum Gasteiger partial charge on any atom is 0.320 e. The zero-order valence-electron chi connectivity index (χ0n) is 22.1. The van der Waals surface area contributed by atoms with Gasteiger partial charge in [-0.05, 0) is 42.6 Å². The number of esters is 1. The molecule has 6 nitrogen and oxygen atoms in total. The molecule has 0 aromatic rings. The van der Waals surface area contributed by atoms with Crippen molar-refractivity contribution in [2.75, 3.05) is 0 Å². The van der Waals surface area contributed by atoms with Crippen LogP contribution in [-0.2, 0) is 9.53 Å². The Kier molecular flexibility index (Phi) is 5.29. The monoisotopic (exact) mass is 448 g/mol. The van der Waals surface area contributed by atoms with Crippen molar-refractivity contribution in [2.24, 2.45) is 37.9 Å². The maximum atomic E-state index is 14.3. The van der Waals surface area contributed by atoms with Crippen LogP contribution in [0.25, 0.3) is 0 Å². The normalized spacial score (nSPS) is 28.0. The summed E-state index contributed by atoms with van der Waals surface area (Å²) in [5, 5.41) is 42.1. The molecule has 0 radical (unpaired) electrons. The van der Waals surface area contributed by atoms with Crippen LogP contribution in [0.5, 0.6) is 0 Å². The van der Waals surface area contributed by atoms with Crippen molar-refractivity contribution in [3.63, 3.8) is 0 Å². The van der Waals surface area contributed by atoms with Gasteiger partial charge in [0.1, 0.15) is 11.0 Å². The number of rotatable bonds is 1. The topological polar surface area (TPSA) is 121 Å². The van der Waals surface area contributed by atoms with Gasteiger partial charge in [0, 0.05) is 0 Å². The van der Waals surface area contributed by atoms with Crippen LogP contribution in [0.2, 0.25) is 0 Å². The Labute approximate surface area is 198 Å². The van der Waals surface area contributed by atoms with E-state index in [1.165, 1.54) is 0 Å². The zero-order valence-corrected chi connectivity index (χ0v) is 22.1. The Balaban J connectivity index is 3.39. The third kappa shape index (κ3) is 2.48. The molecule has 0 N–H and O–H groups in total. The summed E-state index contributed by atoms with van der Waals surface area (Å²) in [6, 6.07) is 8.26. The highest BCUT2D eigenvalue weighted by Gasteiger charge is 3.02. The first kappa shape index (κ1) is 26.4. The van der Waals surface area contributed by atoms with Gasteiger partial charge in [-0.15, -0.1) is 0 Å². The fourth-order valence-electron chi connectivity index (χ4n) is 6.98. The fraction of sp³-hybridized carbons (Fsp3) is 0.741. The molecule has 0 saturated heterocycles. The number of ether oxygens (including phenoxy) is 1. The molecule has 1 saturated carbocycles. The number of allylic oxidation sites excluding steroid dienone is 1. The van der Waals surface area contributed by atoms with E-state index in [0.29, 0.717) is 5.57 Å². The molecule has 2 aliphatic carbocycles. The summed E-state index contributed by atoms with van der Waals surface area (Å²) < 4.78 is 5.92. The molecule has 2 rings (SSSR count). The van der Waals surface area contributed by atoms with Gasteiger partial charge in [-0.25, -0.2) is 0 Å². The van der Waals surface area contributed by atoms with Gasteiger partial charge in [-0.3, -0.25) is 4.79 Å². The van der Waals surface area contributed by atoms with Crippen molar-refractivity contribution in [3.05, 3.63) is 11.1 Å². The molecule has 0 aromatic carbocycles. The van der Waals surface area contributed by atoms with Gasteiger partial charge in [0.05, 0.1) is 29.7 Å². The van der Waals surface area contributed by atoms with E-state index in [2.05, 4.69) is 12.1 Å². The van der Waals surface area contributed by atoms with E-state index >= 15 is 0 Å². The predicted octanol–water partition coefficient (Wildman–Crippen LogP) is 5.83. The van der Waals surface area contributed by atoms with Crippen LogP contribution in [0.1, 0.15) is 83.1 Å². The van der Waals surface area contributed by atoms with Crippen LogP contribution in [0.4, 0.5) is 0 Å². The summed E-state index contributed by atoms with van der Waals surface area (Å²) >= 11 is 0. The van der Waals surface area contributed by atoms with Gasteiger partial charge in [-0.1, -0.05) is 67.9 Å². The Morgan fingerprint density at radius 3 is 1.27 bits per heavy atom. The molecule has 6 heteroatoms. The van der Waals surface area contributed by atoms with E-state index in [1.807, 2.05) is 74.5 Å². The van der Waals surface area contributed by atoms with Crippen LogP contribution < -0.4 is 0 Å². The molecule has 0 heterocycles. The van der Waals surface area contributed by atoms with Crippen LogP contribution in [0.3, 0.4) is 0 Å². The second-order valence-electron chi connectivity index (χ2n) is 13.4. The lowest BCUT2D eigenvalue weighted by Gasteiger charge is -2.83. The molecular weight excluding hydrogens is 412 g/mol. The number of carbonyl (C=O) groups excluding carboxylic acids is 1. The largest absolute Gasteiger partial charge is 0.459 e. The number of hydrogen-bond acceptors (Lipinski definition) is 6. The molecule has 0 aromatic heterocycles. The lowest BCUT2D eigenvalue weighted by molar-refractivity contribution is -0.291. The van der Waals surface area contributed by atoms with Crippen molar-refractivity contribution < 1.29 is 9.53 Å². The number of nitrogens with zero attached hydrogens (tertiary/aromatic N) is 4. The Hall–Kier alpha value is -2.83. The highest BCUT2D eigenvalue weighted by molar-refractivity contribution is 5.96. The van der Waals surface area contributed by atoms with E-state index in [9.17, 15) is 25.8 Å². The molecule has 0 aliphatic heterocycles. The van der Waals surface area contributed by atoms with Crippen LogP contribution in [0.15, 0.2) is 11.1 Å². The average molecular weight is 449 g/mol. The highest BCUT2D eigenvalue weighted by Crippen LogP contribution is 2.95. The Bertz CT molecular complexity index is 1080. The average Bonchev–Trinajstić information content (AvgIpc) is 2.56. The molecule has 0 bridgehead atoms. The molecule has 0 amide bonds. The first-order valence-corrected chi connectivity index (χ1v) is 11.3. The number of nitriles is 4. The van der Waals surface area contributed by atoms with Crippen LogP contribution in [0, 0.1) is 83.2 Å². The Morgan fingerprint density at radius 1 is 0.667 bits per heavy atom. The van der Waals surface area contributed by atoms with E-state index in [4.69, 9.17) is 4.74 Å². The van der Waals surface area contributed by atoms with E-state index < -0.39 is 49.5 Å². The van der Waals surface area contributed by atoms with Gasteiger partial charge in [0.2, 0.25) is 0 Å². The highest BCUT2D eigenvalue weighted by atomic mass is 16.6.